The van der Waals surface area contributed by atoms with Crippen molar-refractivity contribution in [2.24, 2.45) is 0 Å². The smallest absolute Gasteiger partial charge is 0.216 e. The number of aryl methyl sites for hydroxylation is 1. The van der Waals surface area contributed by atoms with Crippen molar-refractivity contribution in [2.45, 2.75) is 33.2 Å². The molecule has 6 heteroatoms. The monoisotopic (exact) mass is 725 g/mol. The minimum Gasteiger partial charge on any atom is -0.486 e. The molecule has 1 aliphatic heterocycles. The van der Waals surface area contributed by atoms with Crippen molar-refractivity contribution in [3.63, 3.8) is 0 Å². The average Bonchev–Trinajstić information content (AvgIpc) is 3.57. The molecule has 1 aliphatic rings. The third-order valence-corrected chi connectivity index (χ3v) is 7.91. The molecule has 42 heavy (non-hydrogen) atoms. The number of para-hydroxylation sites is 1. The van der Waals surface area contributed by atoms with Gasteiger partial charge in [-0.3, -0.25) is 4.98 Å². The Kier molecular flexibility index (Phi) is 7.13. The number of pyridine rings is 2. The molecule has 7 aromatic rings. The van der Waals surface area contributed by atoms with Gasteiger partial charge in [-0.1, -0.05) is 41.3 Å². The summed E-state index contributed by atoms with van der Waals surface area (Å²) in [5.41, 5.74) is 9.96. The second-order valence-electron chi connectivity index (χ2n) is 10.9. The summed E-state index contributed by atoms with van der Waals surface area (Å²) in [5, 5.41) is 2.07. The Bertz CT molecular complexity index is 2090. The number of aromatic nitrogens is 4. The van der Waals surface area contributed by atoms with Crippen molar-refractivity contribution in [2.75, 3.05) is 0 Å². The Balaban J connectivity index is 0.000000147. The third kappa shape index (κ3) is 4.57. The molecule has 5 nitrogen and oxygen atoms in total. The van der Waals surface area contributed by atoms with Crippen LogP contribution in [0.3, 0.4) is 0 Å². The third-order valence-electron chi connectivity index (χ3n) is 7.91. The predicted molar refractivity (Wildman–Crippen MR) is 165 cm³/mol. The van der Waals surface area contributed by atoms with E-state index in [9.17, 15) is 0 Å². The summed E-state index contributed by atoms with van der Waals surface area (Å²) < 4.78 is 8.30. The first-order valence-corrected chi connectivity index (χ1v) is 13.7. The van der Waals surface area contributed by atoms with Crippen molar-refractivity contribution in [3.8, 4) is 22.6 Å². The first kappa shape index (κ1) is 27.8. The van der Waals surface area contributed by atoms with E-state index >= 15 is 0 Å². The van der Waals surface area contributed by atoms with Crippen LogP contribution in [0.2, 0.25) is 0 Å². The number of hydrogen-bond acceptors (Lipinski definition) is 4. The molecular formula is C36H28IrN4O-2. The van der Waals surface area contributed by atoms with E-state index in [4.69, 9.17) is 9.40 Å². The van der Waals surface area contributed by atoms with Crippen LogP contribution in [0.15, 0.2) is 101 Å². The van der Waals surface area contributed by atoms with Gasteiger partial charge >= 0.3 is 0 Å². The molecular weight excluding hydrogens is 697 g/mol. The molecule has 4 aromatic heterocycles. The first-order valence-electron chi connectivity index (χ1n) is 13.7. The molecule has 0 unspecified atom stereocenters. The van der Waals surface area contributed by atoms with Gasteiger partial charge in [0.25, 0.3) is 0 Å². The summed E-state index contributed by atoms with van der Waals surface area (Å²) in [6, 6.07) is 34.7. The molecule has 0 fully saturated rings. The van der Waals surface area contributed by atoms with Crippen LogP contribution in [-0.2, 0) is 25.6 Å². The second kappa shape index (κ2) is 10.8. The molecule has 0 N–H and O–H groups in total. The van der Waals surface area contributed by atoms with E-state index in [0.29, 0.717) is 5.71 Å². The topological polar surface area (TPSA) is 56.7 Å². The van der Waals surface area contributed by atoms with Gasteiger partial charge in [-0.05, 0) is 68.8 Å². The molecule has 8 rings (SSSR count). The Morgan fingerprint density at radius 2 is 1.67 bits per heavy atom. The van der Waals surface area contributed by atoms with E-state index in [0.717, 1.165) is 50.2 Å². The molecule has 3 aromatic carbocycles. The standard InChI is InChI=1S/C19H17N2.C17H11N2O.Ir/c1-13-12-15-10-7-11-16-17(15)21(19(13,2)3)18(20-16)14-8-5-4-6-9-14;1-11-8-9-13-12-5-4-6-14(15-7-2-3-10-18-15)16(12)20-17(13)19-11;/h4-8,10-12H,1-3H3;2-5,7-10H,1H3;/q2*-1;. The number of benzene rings is 3. The van der Waals surface area contributed by atoms with Gasteiger partial charge in [0.05, 0.1) is 28.0 Å². The quantitative estimate of drug-likeness (QED) is 0.167. The van der Waals surface area contributed by atoms with Crippen LogP contribution in [0.1, 0.15) is 32.0 Å². The average molecular weight is 725 g/mol. The molecule has 0 spiro atoms. The number of rotatable bonds is 2. The Morgan fingerprint density at radius 3 is 2.45 bits per heavy atom. The van der Waals surface area contributed by atoms with Gasteiger partial charge in [-0.15, -0.1) is 54.1 Å². The van der Waals surface area contributed by atoms with Crippen LogP contribution < -0.4 is 0 Å². The summed E-state index contributed by atoms with van der Waals surface area (Å²) in [6.45, 7) is 8.66. The van der Waals surface area contributed by atoms with Gasteiger partial charge in [0.2, 0.25) is 5.71 Å². The molecule has 1 radical (unpaired) electrons. The number of imidazole rings is 1. The molecule has 209 valence electrons. The molecule has 0 aliphatic carbocycles. The number of allylic oxidation sites excluding steroid dienone is 1. The number of furan rings is 1. The first-order chi connectivity index (χ1) is 19.9. The van der Waals surface area contributed by atoms with Gasteiger partial charge in [0, 0.05) is 37.4 Å². The molecule has 0 atom stereocenters. The summed E-state index contributed by atoms with van der Waals surface area (Å²) in [7, 11) is 0. The zero-order valence-electron chi connectivity index (χ0n) is 23.8. The fraction of sp³-hybridized carbons (Fsp3) is 0.139. The van der Waals surface area contributed by atoms with Crippen molar-refractivity contribution < 1.29 is 24.5 Å². The van der Waals surface area contributed by atoms with Crippen molar-refractivity contribution >= 4 is 39.2 Å². The van der Waals surface area contributed by atoms with Gasteiger partial charge in [0.1, 0.15) is 0 Å². The molecule has 0 saturated heterocycles. The number of hydrogen-bond donors (Lipinski definition) is 0. The SMILES string of the molecule is CC1=Cc2cccc3nc(-c4[c-]cccc4)n(c23)C1(C)C.Cc1ccc2c(n1)oc1c(-c3ccccn3)[c-]ccc12.[Ir]. The molecule has 5 heterocycles. The maximum absolute atomic E-state index is 5.94. The van der Waals surface area contributed by atoms with Crippen LogP contribution in [0.5, 0.6) is 0 Å². The van der Waals surface area contributed by atoms with Crippen molar-refractivity contribution in [1.82, 2.24) is 19.5 Å². The second-order valence-corrected chi connectivity index (χ2v) is 10.9. The zero-order chi connectivity index (χ0) is 28.1. The van der Waals surface area contributed by atoms with E-state index < -0.39 is 0 Å². The molecule has 0 bridgehead atoms. The molecule has 0 amide bonds. The summed E-state index contributed by atoms with van der Waals surface area (Å²) in [4.78, 5) is 13.7. The van der Waals surface area contributed by atoms with Crippen LogP contribution in [0, 0.1) is 19.1 Å². The minimum absolute atomic E-state index is 0. The van der Waals surface area contributed by atoms with Gasteiger partial charge < -0.3 is 14.0 Å². The van der Waals surface area contributed by atoms with E-state index in [1.165, 1.54) is 16.7 Å². The number of fused-ring (bicyclic) bond motifs is 3. The van der Waals surface area contributed by atoms with Crippen molar-refractivity contribution in [1.29, 1.82) is 0 Å². The van der Waals surface area contributed by atoms with Crippen molar-refractivity contribution in [3.05, 3.63) is 120 Å². The Labute approximate surface area is 258 Å². The minimum atomic E-state index is -0.0812. The maximum atomic E-state index is 5.94. The Morgan fingerprint density at radius 1 is 0.810 bits per heavy atom. The van der Waals surface area contributed by atoms with E-state index in [2.05, 4.69) is 77.8 Å². The fourth-order valence-electron chi connectivity index (χ4n) is 5.53. The largest absolute Gasteiger partial charge is 0.486 e. The maximum Gasteiger partial charge on any atom is 0.216 e. The van der Waals surface area contributed by atoms with E-state index in [-0.39, 0.29) is 25.6 Å². The summed E-state index contributed by atoms with van der Waals surface area (Å²) in [5.74, 6) is 0.996. The predicted octanol–water partition coefficient (Wildman–Crippen LogP) is 8.80. The van der Waals surface area contributed by atoms with Gasteiger partial charge in [0.15, 0.2) is 0 Å². The van der Waals surface area contributed by atoms with Gasteiger partial charge in [-0.2, -0.15) is 0 Å². The summed E-state index contributed by atoms with van der Waals surface area (Å²) >= 11 is 0. The van der Waals surface area contributed by atoms with Crippen LogP contribution in [0.4, 0.5) is 0 Å². The van der Waals surface area contributed by atoms with Crippen LogP contribution in [0.25, 0.3) is 61.8 Å². The Hall–Kier alpha value is -4.38. The van der Waals surface area contributed by atoms with Crippen LogP contribution >= 0.6 is 0 Å². The normalized spacial score (nSPS) is 13.4. The zero-order valence-corrected chi connectivity index (χ0v) is 26.2. The fourth-order valence-corrected chi connectivity index (χ4v) is 5.53. The molecule has 0 saturated carbocycles. The van der Waals surface area contributed by atoms with E-state index in [1.54, 1.807) is 6.20 Å². The van der Waals surface area contributed by atoms with Crippen LogP contribution in [-0.4, -0.2) is 19.5 Å². The summed E-state index contributed by atoms with van der Waals surface area (Å²) in [6.07, 6.45) is 4.05. The van der Waals surface area contributed by atoms with Gasteiger partial charge in [-0.25, -0.2) is 4.98 Å². The number of nitrogens with zero attached hydrogens (tertiary/aromatic N) is 4. The van der Waals surface area contributed by atoms with E-state index in [1.807, 2.05) is 67.6 Å².